The van der Waals surface area contributed by atoms with Crippen LogP contribution in [0.15, 0.2) is 21.5 Å². The maximum atomic E-state index is 11.7. The Bertz CT molecular complexity index is 589. The van der Waals surface area contributed by atoms with E-state index in [-0.39, 0.29) is 23.1 Å². The molecule has 1 heterocycles. The van der Waals surface area contributed by atoms with Crippen molar-refractivity contribution in [2.24, 2.45) is 7.05 Å². The summed E-state index contributed by atoms with van der Waals surface area (Å²) in [5.74, 6) is 0.595. The van der Waals surface area contributed by atoms with E-state index >= 15 is 0 Å². The number of amides is 1. The van der Waals surface area contributed by atoms with Crippen LogP contribution in [-0.4, -0.2) is 22.1 Å². The second-order valence-electron chi connectivity index (χ2n) is 5.96. The van der Waals surface area contributed by atoms with Crippen molar-refractivity contribution in [2.45, 2.75) is 51.2 Å². The summed E-state index contributed by atoms with van der Waals surface area (Å²) in [6, 6.07) is 1.74. The molecule has 1 aromatic heterocycles. The van der Waals surface area contributed by atoms with E-state index in [1.165, 1.54) is 10.6 Å². The summed E-state index contributed by atoms with van der Waals surface area (Å²) in [5, 5.41) is 2.95. The Hall–Kier alpha value is -1.30. The summed E-state index contributed by atoms with van der Waals surface area (Å²) < 4.78 is 8.37. The molecule has 1 fully saturated rings. The molecule has 2 rings (SSSR count). The highest BCUT2D eigenvalue weighted by Gasteiger charge is 2.33. The van der Waals surface area contributed by atoms with Gasteiger partial charge in [0.05, 0.1) is 4.47 Å². The van der Waals surface area contributed by atoms with Gasteiger partial charge >= 0.3 is 0 Å². The number of rotatable bonds is 3. The van der Waals surface area contributed by atoms with Gasteiger partial charge in [0.1, 0.15) is 11.4 Å². The number of carbonyl (C=O) groups excluding carboxylic acids is 1. The third kappa shape index (κ3) is 4.09. The minimum atomic E-state index is -0.302. The van der Waals surface area contributed by atoms with Crippen molar-refractivity contribution in [3.63, 3.8) is 0 Å². The van der Waals surface area contributed by atoms with E-state index in [1.807, 2.05) is 0 Å². The molecule has 1 amide bonds. The number of aryl methyl sites for hydroxylation is 1. The fourth-order valence-electron chi connectivity index (χ4n) is 2.69. The Morgan fingerprint density at radius 2 is 2.10 bits per heavy atom. The maximum Gasteiger partial charge on any atom is 0.254 e. The molecule has 1 N–H and O–H groups in total. The summed E-state index contributed by atoms with van der Waals surface area (Å²) in [5.41, 5.74) is -0.395. The highest BCUT2D eigenvalue weighted by Crippen LogP contribution is 2.35. The number of hydrogen-bond donors (Lipinski definition) is 1. The molecule has 6 heteroatoms. The van der Waals surface area contributed by atoms with Gasteiger partial charge in [0, 0.05) is 32.3 Å². The fourth-order valence-corrected chi connectivity index (χ4v) is 3.19. The molecule has 1 aliphatic carbocycles. The molecule has 0 radical (unpaired) electrons. The number of carbonyl (C=O) groups is 1. The summed E-state index contributed by atoms with van der Waals surface area (Å²) in [6.07, 6.45) is 5.18. The first-order valence-corrected chi connectivity index (χ1v) is 7.91. The van der Waals surface area contributed by atoms with Gasteiger partial charge in [-0.25, -0.2) is 0 Å². The predicted octanol–water partition coefficient (Wildman–Crippen LogP) is 2.36. The van der Waals surface area contributed by atoms with Gasteiger partial charge in [-0.3, -0.25) is 9.59 Å². The van der Waals surface area contributed by atoms with Crippen LogP contribution in [0.4, 0.5) is 0 Å². The van der Waals surface area contributed by atoms with Crippen molar-refractivity contribution < 1.29 is 9.53 Å². The lowest BCUT2D eigenvalue weighted by Gasteiger charge is -2.38. The van der Waals surface area contributed by atoms with E-state index in [4.69, 9.17) is 4.74 Å². The van der Waals surface area contributed by atoms with Gasteiger partial charge in [-0.05, 0) is 48.5 Å². The van der Waals surface area contributed by atoms with Crippen LogP contribution in [0.1, 0.15) is 39.5 Å². The Labute approximate surface area is 132 Å². The molecule has 1 saturated carbocycles. The van der Waals surface area contributed by atoms with Crippen LogP contribution in [0.5, 0.6) is 5.75 Å². The van der Waals surface area contributed by atoms with Gasteiger partial charge in [0.2, 0.25) is 5.91 Å². The monoisotopic (exact) mass is 356 g/mol. The molecule has 1 aromatic rings. The number of ether oxygens (including phenoxy) is 1. The molecule has 0 saturated heterocycles. The number of hydrogen-bond acceptors (Lipinski definition) is 3. The maximum absolute atomic E-state index is 11.7. The minimum Gasteiger partial charge on any atom is -0.486 e. The predicted molar refractivity (Wildman–Crippen MR) is 84.5 cm³/mol. The normalized spacial score (nSPS) is 25.4. The Morgan fingerprint density at radius 3 is 2.67 bits per heavy atom. The molecule has 116 valence electrons. The molecule has 0 atom stereocenters. The van der Waals surface area contributed by atoms with E-state index in [0.717, 1.165) is 30.2 Å². The zero-order valence-electron chi connectivity index (χ0n) is 12.6. The van der Waals surface area contributed by atoms with Crippen molar-refractivity contribution in [3.05, 3.63) is 27.1 Å². The first kappa shape index (κ1) is 16.1. The van der Waals surface area contributed by atoms with Gasteiger partial charge < -0.3 is 14.6 Å². The minimum absolute atomic E-state index is 0.0128. The van der Waals surface area contributed by atoms with Crippen LogP contribution < -0.4 is 15.6 Å². The van der Waals surface area contributed by atoms with E-state index in [2.05, 4.69) is 28.2 Å². The summed E-state index contributed by atoms with van der Waals surface area (Å²) >= 11 is 3.44. The number of pyridine rings is 1. The van der Waals surface area contributed by atoms with Crippen LogP contribution in [0.25, 0.3) is 0 Å². The number of nitrogens with zero attached hydrogens (tertiary/aromatic N) is 1. The van der Waals surface area contributed by atoms with Crippen molar-refractivity contribution >= 4 is 21.8 Å². The van der Waals surface area contributed by atoms with Crippen LogP contribution in [0.2, 0.25) is 0 Å². The fraction of sp³-hybridized carbons (Fsp3) is 0.600. The third-order valence-corrected chi connectivity index (χ3v) is 4.55. The molecule has 0 unspecified atom stereocenters. The Kier molecular flexibility index (Phi) is 4.76. The topological polar surface area (TPSA) is 60.3 Å². The average Bonchev–Trinajstić information content (AvgIpc) is 2.38. The Morgan fingerprint density at radius 1 is 1.48 bits per heavy atom. The number of aromatic nitrogens is 1. The van der Waals surface area contributed by atoms with E-state index in [9.17, 15) is 9.59 Å². The van der Waals surface area contributed by atoms with Crippen molar-refractivity contribution in [1.82, 2.24) is 9.88 Å². The summed E-state index contributed by atoms with van der Waals surface area (Å²) in [6.45, 7) is 3.60. The SMILES string of the molecule is CC(=O)NC1CCC(C)(Oc2cc(=O)n(C)cc2Br)CC1. The van der Waals surface area contributed by atoms with E-state index in [0.29, 0.717) is 5.75 Å². The van der Waals surface area contributed by atoms with Gasteiger partial charge in [-0.2, -0.15) is 0 Å². The first-order chi connectivity index (χ1) is 9.79. The number of halogens is 1. The molecule has 0 spiro atoms. The van der Waals surface area contributed by atoms with Crippen molar-refractivity contribution in [3.8, 4) is 5.75 Å². The second-order valence-corrected chi connectivity index (χ2v) is 6.82. The molecule has 5 nitrogen and oxygen atoms in total. The lowest BCUT2D eigenvalue weighted by Crippen LogP contribution is -2.44. The second kappa shape index (κ2) is 6.22. The van der Waals surface area contributed by atoms with Crippen molar-refractivity contribution in [1.29, 1.82) is 0 Å². The number of nitrogens with one attached hydrogen (secondary N) is 1. The average molecular weight is 357 g/mol. The molecule has 21 heavy (non-hydrogen) atoms. The first-order valence-electron chi connectivity index (χ1n) is 7.11. The summed E-state index contributed by atoms with van der Waals surface area (Å²) in [4.78, 5) is 22.8. The quantitative estimate of drug-likeness (QED) is 0.904. The molecule has 0 aliphatic heterocycles. The largest absolute Gasteiger partial charge is 0.486 e. The molecule has 0 aromatic carbocycles. The van der Waals surface area contributed by atoms with E-state index in [1.54, 1.807) is 20.2 Å². The van der Waals surface area contributed by atoms with Gasteiger partial charge in [0.25, 0.3) is 5.56 Å². The molecular weight excluding hydrogens is 336 g/mol. The van der Waals surface area contributed by atoms with Crippen LogP contribution in [0.3, 0.4) is 0 Å². The standard InChI is InChI=1S/C15H21BrN2O3/c1-10(19)17-11-4-6-15(2,7-5-11)21-13-8-14(20)18(3)9-12(13)16/h8-9,11H,4-7H2,1-3H3,(H,17,19). The lowest BCUT2D eigenvalue weighted by atomic mass is 9.83. The molecule has 0 bridgehead atoms. The van der Waals surface area contributed by atoms with Gasteiger partial charge in [-0.15, -0.1) is 0 Å². The van der Waals surface area contributed by atoms with Crippen molar-refractivity contribution in [2.75, 3.05) is 0 Å². The van der Waals surface area contributed by atoms with Gasteiger partial charge in [-0.1, -0.05) is 0 Å². The summed E-state index contributed by atoms with van der Waals surface area (Å²) in [7, 11) is 1.71. The zero-order valence-corrected chi connectivity index (χ0v) is 14.2. The van der Waals surface area contributed by atoms with Crippen LogP contribution in [-0.2, 0) is 11.8 Å². The van der Waals surface area contributed by atoms with E-state index < -0.39 is 0 Å². The lowest BCUT2D eigenvalue weighted by molar-refractivity contribution is -0.120. The molecule has 1 aliphatic rings. The Balaban J connectivity index is 2.05. The third-order valence-electron chi connectivity index (χ3n) is 3.95. The van der Waals surface area contributed by atoms with Crippen LogP contribution >= 0.6 is 15.9 Å². The highest BCUT2D eigenvalue weighted by atomic mass is 79.9. The molecular formula is C15H21BrN2O3. The van der Waals surface area contributed by atoms with Crippen LogP contribution in [0, 0.1) is 0 Å². The zero-order chi connectivity index (χ0) is 15.6. The van der Waals surface area contributed by atoms with Gasteiger partial charge in [0.15, 0.2) is 0 Å². The highest BCUT2D eigenvalue weighted by molar-refractivity contribution is 9.10. The smallest absolute Gasteiger partial charge is 0.254 e.